The normalized spacial score (nSPS) is 12.4. The highest BCUT2D eigenvalue weighted by molar-refractivity contribution is 7.08. The highest BCUT2D eigenvalue weighted by atomic mass is 32.1. The second kappa shape index (κ2) is 7.51. The van der Waals surface area contributed by atoms with Crippen LogP contribution in [0.1, 0.15) is 36.3 Å². The third-order valence-electron chi connectivity index (χ3n) is 3.52. The second-order valence-electron chi connectivity index (χ2n) is 5.88. The number of thiophene rings is 1. The highest BCUT2D eigenvalue weighted by Gasteiger charge is 2.16. The third-order valence-corrected chi connectivity index (χ3v) is 4.21. The molecule has 0 bridgehead atoms. The van der Waals surface area contributed by atoms with E-state index in [0.29, 0.717) is 18.0 Å². The van der Waals surface area contributed by atoms with Crippen molar-refractivity contribution < 1.29 is 4.79 Å². The first kappa shape index (κ1) is 16.6. The van der Waals surface area contributed by atoms with Crippen molar-refractivity contribution in [2.75, 3.05) is 6.54 Å². The fraction of sp³-hybridized carbons (Fsp3) is 0.412. The maximum atomic E-state index is 12.4. The van der Waals surface area contributed by atoms with Gasteiger partial charge in [-0.2, -0.15) is 11.3 Å². The van der Waals surface area contributed by atoms with Crippen LogP contribution in [0.25, 0.3) is 11.3 Å². The number of aromatic nitrogens is 1. The number of nitrogens with one attached hydrogen (secondary N) is 1. The Kier molecular flexibility index (Phi) is 5.69. The molecule has 1 unspecified atom stereocenters. The van der Waals surface area contributed by atoms with Gasteiger partial charge in [0.05, 0.1) is 17.0 Å². The Labute approximate surface area is 135 Å². The Bertz CT molecular complexity index is 623. The predicted octanol–water partition coefficient (Wildman–Crippen LogP) is 3.22. The van der Waals surface area contributed by atoms with Gasteiger partial charge >= 0.3 is 0 Å². The minimum Gasteiger partial charge on any atom is -0.348 e. The summed E-state index contributed by atoms with van der Waals surface area (Å²) in [5.41, 5.74) is 9.07. The first-order chi connectivity index (χ1) is 10.5. The number of rotatable bonds is 6. The molecule has 0 spiro atoms. The molecule has 1 atom stereocenters. The molecule has 22 heavy (non-hydrogen) atoms. The molecule has 2 heterocycles. The Hall–Kier alpha value is -1.72. The quantitative estimate of drug-likeness (QED) is 0.859. The fourth-order valence-electron chi connectivity index (χ4n) is 2.42. The number of nitrogens with two attached hydrogens (primary N) is 1. The van der Waals surface area contributed by atoms with E-state index < -0.39 is 0 Å². The monoisotopic (exact) mass is 317 g/mol. The molecule has 0 saturated heterocycles. The molecule has 0 fully saturated rings. The Morgan fingerprint density at radius 2 is 2.14 bits per heavy atom. The third kappa shape index (κ3) is 4.15. The Morgan fingerprint density at radius 3 is 2.68 bits per heavy atom. The van der Waals surface area contributed by atoms with E-state index in [0.717, 1.165) is 23.4 Å². The number of hydrogen-bond donors (Lipinski definition) is 2. The van der Waals surface area contributed by atoms with Crippen LogP contribution in [-0.2, 0) is 0 Å². The van der Waals surface area contributed by atoms with Crippen LogP contribution in [0.4, 0.5) is 0 Å². The van der Waals surface area contributed by atoms with Crippen LogP contribution in [0.2, 0.25) is 0 Å². The lowest BCUT2D eigenvalue weighted by Gasteiger charge is -2.19. The van der Waals surface area contributed by atoms with Gasteiger partial charge in [0.2, 0.25) is 0 Å². The number of nitrogens with zero attached hydrogens (tertiary/aromatic N) is 1. The molecule has 118 valence electrons. The number of carbonyl (C=O) groups is 1. The lowest BCUT2D eigenvalue weighted by molar-refractivity contribution is 0.0932. The zero-order valence-electron chi connectivity index (χ0n) is 13.3. The van der Waals surface area contributed by atoms with Crippen molar-refractivity contribution in [2.24, 2.45) is 11.7 Å². The maximum Gasteiger partial charge on any atom is 0.253 e. The average molecular weight is 317 g/mol. The van der Waals surface area contributed by atoms with E-state index >= 15 is 0 Å². The summed E-state index contributed by atoms with van der Waals surface area (Å²) in [5, 5.41) is 7.08. The summed E-state index contributed by atoms with van der Waals surface area (Å²) in [6.07, 6.45) is 0.877. The number of pyridine rings is 1. The first-order valence-electron chi connectivity index (χ1n) is 7.52. The van der Waals surface area contributed by atoms with Gasteiger partial charge in [-0.15, -0.1) is 0 Å². The number of hydrogen-bond acceptors (Lipinski definition) is 4. The van der Waals surface area contributed by atoms with Crippen molar-refractivity contribution in [1.29, 1.82) is 0 Å². The van der Waals surface area contributed by atoms with Gasteiger partial charge in [0.1, 0.15) is 0 Å². The predicted molar refractivity (Wildman–Crippen MR) is 92.1 cm³/mol. The van der Waals surface area contributed by atoms with Gasteiger partial charge < -0.3 is 11.1 Å². The van der Waals surface area contributed by atoms with E-state index in [9.17, 15) is 4.79 Å². The van der Waals surface area contributed by atoms with E-state index in [-0.39, 0.29) is 11.9 Å². The molecule has 2 aromatic heterocycles. The van der Waals surface area contributed by atoms with Crippen LogP contribution in [-0.4, -0.2) is 23.5 Å². The van der Waals surface area contributed by atoms with Crippen LogP contribution < -0.4 is 11.1 Å². The summed E-state index contributed by atoms with van der Waals surface area (Å²) in [4.78, 5) is 17.0. The van der Waals surface area contributed by atoms with Crippen LogP contribution >= 0.6 is 11.3 Å². The molecule has 0 radical (unpaired) electrons. The SMILES string of the molecule is Cc1nc(-c2ccsc2)ccc1C(=O)NC(CN)CC(C)C. The van der Waals surface area contributed by atoms with Gasteiger partial charge in [0, 0.05) is 23.5 Å². The minimum absolute atomic E-state index is 0.00319. The van der Waals surface area contributed by atoms with Crippen molar-refractivity contribution in [3.05, 3.63) is 40.2 Å². The number of carbonyl (C=O) groups excluding carboxylic acids is 1. The molecule has 0 saturated carbocycles. The first-order valence-corrected chi connectivity index (χ1v) is 8.46. The zero-order valence-corrected chi connectivity index (χ0v) is 14.1. The smallest absolute Gasteiger partial charge is 0.253 e. The molecule has 4 nitrogen and oxygen atoms in total. The van der Waals surface area contributed by atoms with Gasteiger partial charge in [0.25, 0.3) is 5.91 Å². The van der Waals surface area contributed by atoms with Crippen molar-refractivity contribution in [1.82, 2.24) is 10.3 Å². The summed E-state index contributed by atoms with van der Waals surface area (Å²) in [6, 6.07) is 5.76. The van der Waals surface area contributed by atoms with Crippen LogP contribution in [0.3, 0.4) is 0 Å². The lowest BCUT2D eigenvalue weighted by atomic mass is 10.0. The highest BCUT2D eigenvalue weighted by Crippen LogP contribution is 2.21. The molecule has 1 amide bonds. The van der Waals surface area contributed by atoms with Gasteiger partial charge in [0.15, 0.2) is 0 Å². The van der Waals surface area contributed by atoms with E-state index in [2.05, 4.69) is 29.5 Å². The van der Waals surface area contributed by atoms with Crippen molar-refractivity contribution in [3.8, 4) is 11.3 Å². The van der Waals surface area contributed by atoms with Gasteiger partial charge in [-0.25, -0.2) is 0 Å². The molecular weight excluding hydrogens is 294 g/mol. The van der Waals surface area contributed by atoms with Gasteiger partial charge in [-0.05, 0) is 42.8 Å². The van der Waals surface area contributed by atoms with Crippen molar-refractivity contribution in [2.45, 2.75) is 33.2 Å². The molecule has 0 aromatic carbocycles. The van der Waals surface area contributed by atoms with Gasteiger partial charge in [-0.3, -0.25) is 9.78 Å². The molecule has 0 aliphatic rings. The fourth-order valence-corrected chi connectivity index (χ4v) is 3.07. The number of aryl methyl sites for hydroxylation is 1. The summed E-state index contributed by atoms with van der Waals surface area (Å²) < 4.78 is 0. The minimum atomic E-state index is -0.0991. The average Bonchev–Trinajstić information content (AvgIpc) is 2.99. The summed E-state index contributed by atoms with van der Waals surface area (Å²) in [5.74, 6) is 0.395. The summed E-state index contributed by atoms with van der Waals surface area (Å²) in [7, 11) is 0. The maximum absolute atomic E-state index is 12.4. The van der Waals surface area contributed by atoms with E-state index in [1.807, 2.05) is 30.5 Å². The molecule has 5 heteroatoms. The lowest BCUT2D eigenvalue weighted by Crippen LogP contribution is -2.41. The van der Waals surface area contributed by atoms with E-state index in [1.165, 1.54) is 0 Å². The summed E-state index contributed by atoms with van der Waals surface area (Å²) in [6.45, 7) is 6.56. The van der Waals surface area contributed by atoms with Crippen LogP contribution in [0.15, 0.2) is 29.0 Å². The van der Waals surface area contributed by atoms with Crippen LogP contribution in [0.5, 0.6) is 0 Å². The molecule has 0 aliphatic carbocycles. The topological polar surface area (TPSA) is 68.0 Å². The largest absolute Gasteiger partial charge is 0.348 e. The van der Waals surface area contributed by atoms with E-state index in [4.69, 9.17) is 5.73 Å². The Balaban J connectivity index is 2.13. The molecule has 2 aromatic rings. The zero-order chi connectivity index (χ0) is 16.1. The molecule has 3 N–H and O–H groups in total. The standard InChI is InChI=1S/C17H23N3OS/c1-11(2)8-14(9-18)20-17(21)15-4-5-16(19-12(15)3)13-6-7-22-10-13/h4-7,10-11,14H,8-9,18H2,1-3H3,(H,20,21). The van der Waals surface area contributed by atoms with Crippen LogP contribution in [0, 0.1) is 12.8 Å². The van der Waals surface area contributed by atoms with Gasteiger partial charge in [-0.1, -0.05) is 13.8 Å². The van der Waals surface area contributed by atoms with E-state index in [1.54, 1.807) is 11.3 Å². The Morgan fingerprint density at radius 1 is 1.36 bits per heavy atom. The second-order valence-corrected chi connectivity index (χ2v) is 6.66. The van der Waals surface area contributed by atoms with Crippen molar-refractivity contribution in [3.63, 3.8) is 0 Å². The molecule has 2 rings (SSSR count). The molecular formula is C17H23N3OS. The summed E-state index contributed by atoms with van der Waals surface area (Å²) >= 11 is 1.63. The van der Waals surface area contributed by atoms with Crippen molar-refractivity contribution >= 4 is 17.2 Å². The molecule has 0 aliphatic heterocycles. The number of amides is 1.